The Bertz CT molecular complexity index is 666. The molecule has 1 saturated heterocycles. The van der Waals surface area contributed by atoms with Crippen LogP contribution in [0.2, 0.25) is 0 Å². The second-order valence-electron chi connectivity index (χ2n) is 5.12. The quantitative estimate of drug-likeness (QED) is 0.793. The molecule has 106 valence electrons. The maximum absolute atomic E-state index is 13.3. The highest BCUT2D eigenvalue weighted by molar-refractivity contribution is 6.17. The van der Waals surface area contributed by atoms with Crippen molar-refractivity contribution in [2.75, 3.05) is 4.90 Å². The van der Waals surface area contributed by atoms with Crippen LogP contribution in [0.1, 0.15) is 24.3 Å². The van der Waals surface area contributed by atoms with Crippen LogP contribution in [-0.4, -0.2) is 11.8 Å². The van der Waals surface area contributed by atoms with Gasteiger partial charge in [0, 0.05) is 18.8 Å². The second-order valence-corrected chi connectivity index (χ2v) is 5.12. The number of benzene rings is 2. The SMILES string of the molecule is O=C1CC(c2ccccc2)CC(=O)N1c1cccc(F)c1. The van der Waals surface area contributed by atoms with Crippen LogP contribution >= 0.6 is 0 Å². The number of hydrogen-bond donors (Lipinski definition) is 0. The topological polar surface area (TPSA) is 37.4 Å². The number of carbonyl (C=O) groups is 2. The number of hydrogen-bond acceptors (Lipinski definition) is 2. The zero-order valence-electron chi connectivity index (χ0n) is 11.3. The van der Waals surface area contributed by atoms with Crippen LogP contribution in [0.15, 0.2) is 54.6 Å². The third-order valence-electron chi connectivity index (χ3n) is 3.68. The number of carbonyl (C=O) groups excluding carboxylic acids is 2. The molecule has 0 atom stereocenters. The Morgan fingerprint density at radius 1 is 0.905 bits per heavy atom. The number of halogens is 1. The number of anilines is 1. The molecule has 0 aliphatic carbocycles. The smallest absolute Gasteiger partial charge is 0.234 e. The first-order valence-electron chi connectivity index (χ1n) is 6.81. The zero-order chi connectivity index (χ0) is 14.8. The molecule has 1 fully saturated rings. The van der Waals surface area contributed by atoms with Crippen LogP contribution in [0.25, 0.3) is 0 Å². The van der Waals surface area contributed by atoms with E-state index in [2.05, 4.69) is 0 Å². The van der Waals surface area contributed by atoms with Gasteiger partial charge in [-0.1, -0.05) is 36.4 Å². The Kier molecular flexibility index (Phi) is 3.52. The van der Waals surface area contributed by atoms with Gasteiger partial charge < -0.3 is 0 Å². The molecule has 1 aliphatic rings. The molecule has 0 bridgehead atoms. The first-order chi connectivity index (χ1) is 10.1. The molecule has 0 spiro atoms. The van der Waals surface area contributed by atoms with Gasteiger partial charge in [-0.3, -0.25) is 14.5 Å². The maximum atomic E-state index is 13.3. The number of imide groups is 1. The van der Waals surface area contributed by atoms with Gasteiger partial charge in [-0.25, -0.2) is 4.39 Å². The molecule has 2 aromatic rings. The fraction of sp³-hybridized carbons (Fsp3) is 0.176. The van der Waals surface area contributed by atoms with Crippen LogP contribution in [0, 0.1) is 5.82 Å². The van der Waals surface area contributed by atoms with E-state index in [-0.39, 0.29) is 30.6 Å². The van der Waals surface area contributed by atoms with Gasteiger partial charge in [-0.2, -0.15) is 0 Å². The van der Waals surface area contributed by atoms with Gasteiger partial charge in [-0.15, -0.1) is 0 Å². The normalized spacial score (nSPS) is 16.3. The van der Waals surface area contributed by atoms with E-state index in [0.29, 0.717) is 5.69 Å². The lowest BCUT2D eigenvalue weighted by Crippen LogP contribution is -2.42. The van der Waals surface area contributed by atoms with Crippen LogP contribution < -0.4 is 4.90 Å². The van der Waals surface area contributed by atoms with E-state index in [1.165, 1.54) is 18.2 Å². The minimum atomic E-state index is -0.460. The van der Waals surface area contributed by atoms with Crippen molar-refractivity contribution < 1.29 is 14.0 Å². The lowest BCUT2D eigenvalue weighted by atomic mass is 9.88. The number of amides is 2. The lowest BCUT2D eigenvalue weighted by molar-refractivity contribution is -0.129. The standard InChI is InChI=1S/C17H14FNO2/c18-14-7-4-8-15(11-14)19-16(20)9-13(10-17(19)21)12-5-2-1-3-6-12/h1-8,11,13H,9-10H2. The summed E-state index contributed by atoms with van der Waals surface area (Å²) in [5, 5.41) is 0. The minimum absolute atomic E-state index is 0.101. The van der Waals surface area contributed by atoms with Crippen molar-refractivity contribution in [3.05, 3.63) is 66.0 Å². The molecule has 0 N–H and O–H groups in total. The Labute approximate surface area is 122 Å². The highest BCUT2D eigenvalue weighted by atomic mass is 19.1. The van der Waals surface area contributed by atoms with Crippen molar-refractivity contribution in [3.8, 4) is 0 Å². The van der Waals surface area contributed by atoms with E-state index in [1.54, 1.807) is 6.07 Å². The van der Waals surface area contributed by atoms with Crippen molar-refractivity contribution in [1.29, 1.82) is 0 Å². The van der Waals surface area contributed by atoms with Gasteiger partial charge in [-0.05, 0) is 23.8 Å². The van der Waals surface area contributed by atoms with Crippen molar-refractivity contribution in [1.82, 2.24) is 0 Å². The van der Waals surface area contributed by atoms with Gasteiger partial charge in [0.1, 0.15) is 5.82 Å². The summed E-state index contributed by atoms with van der Waals surface area (Å²) in [5.41, 5.74) is 1.29. The van der Waals surface area contributed by atoms with E-state index in [0.717, 1.165) is 10.5 Å². The predicted molar refractivity (Wildman–Crippen MR) is 77.3 cm³/mol. The van der Waals surface area contributed by atoms with Gasteiger partial charge in [0.05, 0.1) is 5.69 Å². The van der Waals surface area contributed by atoms with Crippen LogP contribution in [0.3, 0.4) is 0 Å². The third-order valence-corrected chi connectivity index (χ3v) is 3.68. The molecule has 0 saturated carbocycles. The van der Waals surface area contributed by atoms with E-state index in [1.807, 2.05) is 30.3 Å². The van der Waals surface area contributed by atoms with Crippen molar-refractivity contribution in [2.45, 2.75) is 18.8 Å². The van der Waals surface area contributed by atoms with E-state index in [4.69, 9.17) is 0 Å². The third kappa shape index (κ3) is 2.70. The summed E-state index contributed by atoms with van der Waals surface area (Å²) in [5.74, 6) is -1.13. The Morgan fingerprint density at radius 2 is 1.57 bits per heavy atom. The monoisotopic (exact) mass is 283 g/mol. The Balaban J connectivity index is 1.86. The first kappa shape index (κ1) is 13.5. The molecule has 21 heavy (non-hydrogen) atoms. The van der Waals surface area contributed by atoms with E-state index >= 15 is 0 Å². The minimum Gasteiger partial charge on any atom is -0.274 e. The molecule has 4 heteroatoms. The Hall–Kier alpha value is -2.49. The zero-order valence-corrected chi connectivity index (χ0v) is 11.3. The summed E-state index contributed by atoms with van der Waals surface area (Å²) in [6.45, 7) is 0. The van der Waals surface area contributed by atoms with Gasteiger partial charge in [0.2, 0.25) is 11.8 Å². The molecule has 1 aliphatic heterocycles. The molecular weight excluding hydrogens is 269 g/mol. The molecule has 0 radical (unpaired) electrons. The largest absolute Gasteiger partial charge is 0.274 e. The average molecular weight is 283 g/mol. The molecule has 2 aromatic carbocycles. The molecule has 0 unspecified atom stereocenters. The van der Waals surface area contributed by atoms with E-state index in [9.17, 15) is 14.0 Å². The second kappa shape index (κ2) is 5.48. The molecule has 2 amide bonds. The average Bonchev–Trinajstić information content (AvgIpc) is 2.47. The fourth-order valence-corrected chi connectivity index (χ4v) is 2.68. The molecule has 1 heterocycles. The number of nitrogens with zero attached hydrogens (tertiary/aromatic N) is 1. The molecule has 3 nitrogen and oxygen atoms in total. The highest BCUT2D eigenvalue weighted by Crippen LogP contribution is 2.32. The predicted octanol–water partition coefficient (Wildman–Crippen LogP) is 3.26. The number of piperidine rings is 1. The van der Waals surface area contributed by atoms with Crippen LogP contribution in [-0.2, 0) is 9.59 Å². The molecular formula is C17H14FNO2. The first-order valence-corrected chi connectivity index (χ1v) is 6.81. The number of rotatable bonds is 2. The highest BCUT2D eigenvalue weighted by Gasteiger charge is 2.34. The maximum Gasteiger partial charge on any atom is 0.234 e. The van der Waals surface area contributed by atoms with Gasteiger partial charge >= 0.3 is 0 Å². The van der Waals surface area contributed by atoms with Gasteiger partial charge in [0.25, 0.3) is 0 Å². The summed E-state index contributed by atoms with van der Waals surface area (Å²) in [6, 6.07) is 15.1. The summed E-state index contributed by atoms with van der Waals surface area (Å²) in [7, 11) is 0. The fourth-order valence-electron chi connectivity index (χ4n) is 2.68. The summed E-state index contributed by atoms with van der Waals surface area (Å²) >= 11 is 0. The van der Waals surface area contributed by atoms with Crippen molar-refractivity contribution in [2.24, 2.45) is 0 Å². The molecule has 3 rings (SSSR count). The molecule has 0 aromatic heterocycles. The lowest BCUT2D eigenvalue weighted by Gasteiger charge is -2.30. The summed E-state index contributed by atoms with van der Waals surface area (Å²) in [6.07, 6.45) is 0.512. The van der Waals surface area contributed by atoms with Crippen LogP contribution in [0.4, 0.5) is 10.1 Å². The van der Waals surface area contributed by atoms with Crippen LogP contribution in [0.5, 0.6) is 0 Å². The Morgan fingerprint density at radius 3 is 2.19 bits per heavy atom. The summed E-state index contributed by atoms with van der Waals surface area (Å²) in [4.78, 5) is 25.7. The van der Waals surface area contributed by atoms with Crippen molar-refractivity contribution in [3.63, 3.8) is 0 Å². The van der Waals surface area contributed by atoms with Gasteiger partial charge in [0.15, 0.2) is 0 Å². The summed E-state index contributed by atoms with van der Waals surface area (Å²) < 4.78 is 13.3. The van der Waals surface area contributed by atoms with E-state index < -0.39 is 5.82 Å². The van der Waals surface area contributed by atoms with Crippen molar-refractivity contribution >= 4 is 17.5 Å².